The highest BCUT2D eigenvalue weighted by Gasteiger charge is 2.07. The van der Waals surface area contributed by atoms with E-state index in [1.807, 2.05) is 0 Å². The Balaban J connectivity index is 2.28. The minimum absolute atomic E-state index is 0.0527. The number of hydrogen-bond acceptors (Lipinski definition) is 5. The van der Waals surface area contributed by atoms with Gasteiger partial charge in [-0.3, -0.25) is 4.79 Å². The van der Waals surface area contributed by atoms with Crippen molar-refractivity contribution in [1.82, 2.24) is 10.2 Å². The molecule has 1 aromatic carbocycles. The van der Waals surface area contributed by atoms with Gasteiger partial charge in [0.15, 0.2) is 0 Å². The molecule has 0 aliphatic rings. The van der Waals surface area contributed by atoms with Crippen molar-refractivity contribution in [2.24, 2.45) is 11.5 Å². The summed E-state index contributed by atoms with van der Waals surface area (Å²) in [7, 11) is 1.61. The van der Waals surface area contributed by atoms with Gasteiger partial charge in [-0.25, -0.2) is 0 Å². The number of rotatable bonds is 12. The standard InChI is InChI=1S/C17H30N4O2/c1-23-16-7-5-15(6-8-16)17(22)20-11-4-14-21(12-2-9-18)13-3-10-19/h5-8H,2-4,9-14,18-19H2,1H3,(H,20,22). The van der Waals surface area contributed by atoms with Crippen LogP contribution < -0.4 is 21.5 Å². The van der Waals surface area contributed by atoms with E-state index in [1.54, 1.807) is 31.4 Å². The van der Waals surface area contributed by atoms with Crippen molar-refractivity contribution in [1.29, 1.82) is 0 Å². The van der Waals surface area contributed by atoms with E-state index < -0.39 is 0 Å². The molecule has 0 saturated heterocycles. The van der Waals surface area contributed by atoms with E-state index in [2.05, 4.69) is 10.2 Å². The highest BCUT2D eigenvalue weighted by atomic mass is 16.5. The molecule has 23 heavy (non-hydrogen) atoms. The summed E-state index contributed by atoms with van der Waals surface area (Å²) in [4.78, 5) is 14.4. The van der Waals surface area contributed by atoms with Gasteiger partial charge in [-0.1, -0.05) is 0 Å². The Morgan fingerprint density at radius 1 is 1.04 bits per heavy atom. The number of benzene rings is 1. The predicted octanol–water partition coefficient (Wildman–Crippen LogP) is 0.815. The molecule has 6 heteroatoms. The molecule has 0 bridgehead atoms. The number of methoxy groups -OCH3 is 1. The van der Waals surface area contributed by atoms with Gasteiger partial charge < -0.3 is 26.4 Å². The van der Waals surface area contributed by atoms with Gasteiger partial charge in [0.1, 0.15) is 5.75 Å². The third-order valence-corrected chi connectivity index (χ3v) is 3.65. The molecular weight excluding hydrogens is 292 g/mol. The van der Waals surface area contributed by atoms with Crippen molar-refractivity contribution >= 4 is 5.91 Å². The van der Waals surface area contributed by atoms with Crippen LogP contribution in [0.15, 0.2) is 24.3 Å². The average Bonchev–Trinajstić information content (AvgIpc) is 2.60. The second-order valence-electron chi connectivity index (χ2n) is 5.46. The van der Waals surface area contributed by atoms with Gasteiger partial charge in [-0.15, -0.1) is 0 Å². The van der Waals surface area contributed by atoms with E-state index in [-0.39, 0.29) is 5.91 Å². The van der Waals surface area contributed by atoms with Crippen molar-refractivity contribution < 1.29 is 9.53 Å². The molecule has 0 aliphatic heterocycles. The maximum absolute atomic E-state index is 12.0. The molecule has 0 aliphatic carbocycles. The summed E-state index contributed by atoms with van der Waals surface area (Å²) in [5.41, 5.74) is 11.8. The van der Waals surface area contributed by atoms with E-state index in [4.69, 9.17) is 16.2 Å². The Bertz CT molecular complexity index is 429. The fraction of sp³-hybridized carbons (Fsp3) is 0.588. The topological polar surface area (TPSA) is 93.6 Å². The number of amides is 1. The Labute approximate surface area is 139 Å². The van der Waals surface area contributed by atoms with Gasteiger partial charge in [0, 0.05) is 12.1 Å². The zero-order valence-corrected chi connectivity index (χ0v) is 14.1. The first-order valence-corrected chi connectivity index (χ1v) is 8.26. The lowest BCUT2D eigenvalue weighted by Gasteiger charge is -2.21. The van der Waals surface area contributed by atoms with Crippen LogP contribution in [0.1, 0.15) is 29.6 Å². The van der Waals surface area contributed by atoms with Crippen molar-refractivity contribution in [2.75, 3.05) is 46.4 Å². The monoisotopic (exact) mass is 322 g/mol. The fourth-order valence-electron chi connectivity index (χ4n) is 2.31. The number of carbonyl (C=O) groups excluding carboxylic acids is 1. The number of ether oxygens (including phenoxy) is 1. The second kappa shape index (κ2) is 11.9. The van der Waals surface area contributed by atoms with Crippen LogP contribution >= 0.6 is 0 Å². The van der Waals surface area contributed by atoms with Crippen LogP contribution in [0.25, 0.3) is 0 Å². The van der Waals surface area contributed by atoms with E-state index in [9.17, 15) is 4.79 Å². The Morgan fingerprint density at radius 2 is 1.61 bits per heavy atom. The summed E-state index contributed by atoms with van der Waals surface area (Å²) in [5, 5.41) is 2.95. The first kappa shape index (κ1) is 19.4. The lowest BCUT2D eigenvalue weighted by atomic mass is 10.2. The van der Waals surface area contributed by atoms with Crippen LogP contribution in [-0.2, 0) is 0 Å². The zero-order chi connectivity index (χ0) is 16.9. The van der Waals surface area contributed by atoms with Crippen LogP contribution in [0.2, 0.25) is 0 Å². The van der Waals surface area contributed by atoms with Crippen LogP contribution in [0.3, 0.4) is 0 Å². The molecule has 5 N–H and O–H groups in total. The average molecular weight is 322 g/mol. The third-order valence-electron chi connectivity index (χ3n) is 3.65. The highest BCUT2D eigenvalue weighted by Crippen LogP contribution is 2.11. The van der Waals surface area contributed by atoms with Crippen molar-refractivity contribution in [3.8, 4) is 5.75 Å². The van der Waals surface area contributed by atoms with Crippen molar-refractivity contribution in [3.05, 3.63) is 29.8 Å². The van der Waals surface area contributed by atoms with Gasteiger partial charge in [0.25, 0.3) is 5.91 Å². The maximum Gasteiger partial charge on any atom is 0.251 e. The minimum Gasteiger partial charge on any atom is -0.497 e. The van der Waals surface area contributed by atoms with E-state index in [0.717, 1.165) is 44.6 Å². The molecule has 0 unspecified atom stereocenters. The summed E-state index contributed by atoms with van der Waals surface area (Å²) < 4.78 is 5.08. The van der Waals surface area contributed by atoms with Crippen LogP contribution in [0, 0.1) is 0 Å². The summed E-state index contributed by atoms with van der Waals surface area (Å²) in [5.74, 6) is 0.695. The highest BCUT2D eigenvalue weighted by molar-refractivity contribution is 5.94. The molecular formula is C17H30N4O2. The minimum atomic E-state index is -0.0527. The second-order valence-corrected chi connectivity index (χ2v) is 5.46. The lowest BCUT2D eigenvalue weighted by molar-refractivity contribution is 0.0951. The van der Waals surface area contributed by atoms with Gasteiger partial charge in [0.05, 0.1) is 7.11 Å². The van der Waals surface area contributed by atoms with Crippen LogP contribution in [-0.4, -0.2) is 57.2 Å². The van der Waals surface area contributed by atoms with Crippen molar-refractivity contribution in [2.45, 2.75) is 19.3 Å². The van der Waals surface area contributed by atoms with Crippen LogP contribution in [0.5, 0.6) is 5.75 Å². The normalized spacial score (nSPS) is 10.8. The first-order valence-electron chi connectivity index (χ1n) is 8.26. The quantitative estimate of drug-likeness (QED) is 0.495. The summed E-state index contributed by atoms with van der Waals surface area (Å²) >= 11 is 0. The fourth-order valence-corrected chi connectivity index (χ4v) is 2.31. The smallest absolute Gasteiger partial charge is 0.251 e. The molecule has 0 heterocycles. The molecule has 1 amide bonds. The van der Waals surface area contributed by atoms with Gasteiger partial charge in [-0.05, 0) is 76.3 Å². The number of hydrogen-bond donors (Lipinski definition) is 3. The number of carbonyl (C=O) groups is 1. The molecule has 0 radical (unpaired) electrons. The van der Waals surface area contributed by atoms with E-state index >= 15 is 0 Å². The molecule has 0 saturated carbocycles. The Hall–Kier alpha value is -1.63. The van der Waals surface area contributed by atoms with E-state index in [1.165, 1.54) is 0 Å². The van der Waals surface area contributed by atoms with E-state index in [0.29, 0.717) is 25.2 Å². The molecule has 0 atom stereocenters. The third kappa shape index (κ3) is 7.97. The SMILES string of the molecule is COc1ccc(C(=O)NCCCN(CCCN)CCCN)cc1. The lowest BCUT2D eigenvalue weighted by Crippen LogP contribution is -2.32. The Morgan fingerprint density at radius 3 is 2.13 bits per heavy atom. The van der Waals surface area contributed by atoms with Gasteiger partial charge in [-0.2, -0.15) is 0 Å². The summed E-state index contributed by atoms with van der Waals surface area (Å²) in [6, 6.07) is 7.11. The first-order chi connectivity index (χ1) is 11.2. The zero-order valence-electron chi connectivity index (χ0n) is 14.1. The van der Waals surface area contributed by atoms with Crippen LogP contribution in [0.4, 0.5) is 0 Å². The molecule has 1 aromatic rings. The Kier molecular flexibility index (Phi) is 10.0. The largest absolute Gasteiger partial charge is 0.497 e. The van der Waals surface area contributed by atoms with Crippen molar-refractivity contribution in [3.63, 3.8) is 0 Å². The predicted molar refractivity (Wildman–Crippen MR) is 93.7 cm³/mol. The summed E-state index contributed by atoms with van der Waals surface area (Å²) in [6.45, 7) is 4.99. The maximum atomic E-state index is 12.0. The molecule has 0 fully saturated rings. The number of nitrogens with two attached hydrogens (primary N) is 2. The molecule has 6 nitrogen and oxygen atoms in total. The molecule has 1 rings (SSSR count). The molecule has 0 spiro atoms. The molecule has 0 aromatic heterocycles. The summed E-state index contributed by atoms with van der Waals surface area (Å²) in [6.07, 6.45) is 2.89. The van der Waals surface area contributed by atoms with Gasteiger partial charge >= 0.3 is 0 Å². The molecule has 130 valence electrons. The number of nitrogens with one attached hydrogen (secondary N) is 1. The van der Waals surface area contributed by atoms with Gasteiger partial charge in [0.2, 0.25) is 0 Å². The number of nitrogens with zero attached hydrogens (tertiary/aromatic N) is 1.